The van der Waals surface area contributed by atoms with Gasteiger partial charge in [-0.05, 0) is 38.8 Å². The van der Waals surface area contributed by atoms with Gasteiger partial charge in [0.2, 0.25) is 5.91 Å². The van der Waals surface area contributed by atoms with E-state index in [1.807, 2.05) is 23.1 Å². The fourth-order valence-corrected chi connectivity index (χ4v) is 4.33. The first-order valence-corrected chi connectivity index (χ1v) is 10.8. The minimum absolute atomic E-state index is 0.175. The van der Waals surface area contributed by atoms with Crippen molar-refractivity contribution in [2.24, 2.45) is 0 Å². The smallest absolute Gasteiger partial charge is 0.237 e. The number of amides is 1. The van der Waals surface area contributed by atoms with Crippen LogP contribution in [-0.2, 0) is 24.3 Å². The number of carbonyl (C=O) groups excluding carboxylic acids is 1. The number of fused-ring (bicyclic) bond motifs is 1. The van der Waals surface area contributed by atoms with Gasteiger partial charge >= 0.3 is 0 Å². The highest BCUT2D eigenvalue weighted by molar-refractivity contribution is 5.78. The summed E-state index contributed by atoms with van der Waals surface area (Å²) in [6.45, 7) is 8.90. The standard InChI is InChI=1S/C22H32N6O/c1-17(2)28(15-18-7-4-3-5-8-18)21(29)16-26-12-10-20-24-25-22(27(20)14-13-26)19-9-6-11-23-19/h3-5,7-8,17,19,23H,6,9-16H2,1-2H3/t19-/m0/s1. The van der Waals surface area contributed by atoms with Crippen molar-refractivity contribution < 1.29 is 4.79 Å². The Morgan fingerprint density at radius 3 is 2.76 bits per heavy atom. The summed E-state index contributed by atoms with van der Waals surface area (Å²) in [5, 5.41) is 12.4. The predicted molar refractivity (Wildman–Crippen MR) is 112 cm³/mol. The normalized spacial score (nSPS) is 19.9. The van der Waals surface area contributed by atoms with Gasteiger partial charge in [0.1, 0.15) is 11.6 Å². The summed E-state index contributed by atoms with van der Waals surface area (Å²) in [5.41, 5.74) is 1.17. The lowest BCUT2D eigenvalue weighted by Gasteiger charge is -2.30. The molecule has 1 N–H and O–H groups in total. The van der Waals surface area contributed by atoms with E-state index in [-0.39, 0.29) is 11.9 Å². The van der Waals surface area contributed by atoms with Crippen LogP contribution in [0.25, 0.3) is 0 Å². The third-order valence-electron chi connectivity index (χ3n) is 6.02. The molecule has 2 aromatic rings. The minimum Gasteiger partial charge on any atom is -0.335 e. The summed E-state index contributed by atoms with van der Waals surface area (Å²) in [6, 6.07) is 10.7. The van der Waals surface area contributed by atoms with Crippen LogP contribution in [-0.4, -0.2) is 62.7 Å². The monoisotopic (exact) mass is 396 g/mol. The summed E-state index contributed by atoms with van der Waals surface area (Å²) in [5.74, 6) is 2.31. The first kappa shape index (κ1) is 20.0. The topological polar surface area (TPSA) is 66.3 Å². The molecule has 0 saturated carbocycles. The zero-order chi connectivity index (χ0) is 20.2. The second kappa shape index (κ2) is 9.05. The van der Waals surface area contributed by atoms with Gasteiger partial charge in [-0.1, -0.05) is 30.3 Å². The van der Waals surface area contributed by atoms with Crippen molar-refractivity contribution in [3.05, 3.63) is 47.5 Å². The highest BCUT2D eigenvalue weighted by Gasteiger charge is 2.27. The second-order valence-electron chi connectivity index (χ2n) is 8.40. The van der Waals surface area contributed by atoms with Crippen molar-refractivity contribution in [3.8, 4) is 0 Å². The molecule has 1 atom stereocenters. The first-order chi connectivity index (χ1) is 14.1. The molecule has 4 rings (SSSR count). The molecule has 0 aliphatic carbocycles. The van der Waals surface area contributed by atoms with Crippen LogP contribution < -0.4 is 5.32 Å². The van der Waals surface area contributed by atoms with Crippen LogP contribution in [0.4, 0.5) is 0 Å². The Morgan fingerprint density at radius 2 is 2.03 bits per heavy atom. The number of aromatic nitrogens is 3. The zero-order valence-corrected chi connectivity index (χ0v) is 17.5. The van der Waals surface area contributed by atoms with Gasteiger partial charge in [-0.2, -0.15) is 0 Å². The van der Waals surface area contributed by atoms with Crippen LogP contribution in [0, 0.1) is 0 Å². The number of nitrogens with one attached hydrogen (secondary N) is 1. The first-order valence-electron chi connectivity index (χ1n) is 10.8. The van der Waals surface area contributed by atoms with Gasteiger partial charge in [0, 0.05) is 38.6 Å². The molecule has 156 valence electrons. The number of benzene rings is 1. The molecule has 0 bridgehead atoms. The molecule has 3 heterocycles. The molecule has 1 amide bonds. The van der Waals surface area contributed by atoms with Crippen molar-refractivity contribution in [2.75, 3.05) is 26.2 Å². The number of hydrogen-bond acceptors (Lipinski definition) is 5. The fraction of sp³-hybridized carbons (Fsp3) is 0.591. The molecule has 1 fully saturated rings. The van der Waals surface area contributed by atoms with Crippen LogP contribution in [0.5, 0.6) is 0 Å². The lowest BCUT2D eigenvalue weighted by Crippen LogP contribution is -2.44. The van der Waals surface area contributed by atoms with Gasteiger partial charge < -0.3 is 14.8 Å². The van der Waals surface area contributed by atoms with Crippen LogP contribution in [0.2, 0.25) is 0 Å². The quantitative estimate of drug-likeness (QED) is 0.809. The summed E-state index contributed by atoms with van der Waals surface area (Å²) in [6.07, 6.45) is 3.16. The summed E-state index contributed by atoms with van der Waals surface area (Å²) in [4.78, 5) is 17.3. The minimum atomic E-state index is 0.175. The van der Waals surface area contributed by atoms with Crippen molar-refractivity contribution in [1.82, 2.24) is 29.9 Å². The third-order valence-corrected chi connectivity index (χ3v) is 6.02. The molecular formula is C22H32N6O. The zero-order valence-electron chi connectivity index (χ0n) is 17.5. The summed E-state index contributed by atoms with van der Waals surface area (Å²) < 4.78 is 2.28. The molecule has 7 heteroatoms. The van der Waals surface area contributed by atoms with E-state index in [1.165, 1.54) is 12.0 Å². The Labute approximate surface area is 173 Å². The van der Waals surface area contributed by atoms with Gasteiger partial charge in [0.15, 0.2) is 0 Å². The second-order valence-corrected chi connectivity index (χ2v) is 8.40. The maximum absolute atomic E-state index is 13.1. The molecule has 0 radical (unpaired) electrons. The molecule has 0 unspecified atom stereocenters. The molecule has 1 saturated heterocycles. The fourth-order valence-electron chi connectivity index (χ4n) is 4.33. The highest BCUT2D eigenvalue weighted by Crippen LogP contribution is 2.23. The third kappa shape index (κ3) is 4.67. The Morgan fingerprint density at radius 1 is 1.21 bits per heavy atom. The molecule has 2 aliphatic heterocycles. The molecule has 7 nitrogen and oxygen atoms in total. The molecule has 29 heavy (non-hydrogen) atoms. The maximum Gasteiger partial charge on any atom is 0.237 e. The van der Waals surface area contributed by atoms with Crippen molar-refractivity contribution in [2.45, 2.75) is 58.3 Å². The Kier molecular flexibility index (Phi) is 6.25. The number of hydrogen-bond donors (Lipinski definition) is 1. The van der Waals surface area contributed by atoms with Gasteiger partial charge in [-0.15, -0.1) is 10.2 Å². The van der Waals surface area contributed by atoms with E-state index in [0.717, 1.165) is 50.7 Å². The lowest BCUT2D eigenvalue weighted by molar-refractivity contribution is -0.134. The SMILES string of the molecule is CC(C)N(Cc1ccccc1)C(=O)CN1CCc2nnc([C@@H]3CCCN3)n2CC1. The van der Waals surface area contributed by atoms with Crippen molar-refractivity contribution in [1.29, 1.82) is 0 Å². The van der Waals surface area contributed by atoms with E-state index >= 15 is 0 Å². The van der Waals surface area contributed by atoms with Crippen LogP contribution >= 0.6 is 0 Å². The number of rotatable bonds is 6. The van der Waals surface area contributed by atoms with E-state index in [2.05, 4.69) is 51.0 Å². The van der Waals surface area contributed by atoms with Crippen LogP contribution in [0.15, 0.2) is 30.3 Å². The van der Waals surface area contributed by atoms with Gasteiger partial charge in [0.05, 0.1) is 12.6 Å². The van der Waals surface area contributed by atoms with E-state index in [9.17, 15) is 4.79 Å². The van der Waals surface area contributed by atoms with E-state index in [1.54, 1.807) is 0 Å². The molecule has 0 spiro atoms. The van der Waals surface area contributed by atoms with Crippen molar-refractivity contribution in [3.63, 3.8) is 0 Å². The van der Waals surface area contributed by atoms with E-state index < -0.39 is 0 Å². The molecule has 2 aliphatic rings. The molecular weight excluding hydrogens is 364 g/mol. The van der Waals surface area contributed by atoms with Gasteiger partial charge in [-0.25, -0.2) is 0 Å². The summed E-state index contributed by atoms with van der Waals surface area (Å²) in [7, 11) is 0. The average molecular weight is 397 g/mol. The maximum atomic E-state index is 13.1. The largest absolute Gasteiger partial charge is 0.335 e. The lowest BCUT2D eigenvalue weighted by atomic mass is 10.2. The van der Waals surface area contributed by atoms with Crippen molar-refractivity contribution >= 4 is 5.91 Å². The Bertz CT molecular complexity index is 812. The number of nitrogens with zero attached hydrogens (tertiary/aromatic N) is 5. The van der Waals surface area contributed by atoms with Crippen LogP contribution in [0.1, 0.15) is 49.9 Å². The molecule has 1 aromatic heterocycles. The summed E-state index contributed by atoms with van der Waals surface area (Å²) >= 11 is 0. The van der Waals surface area contributed by atoms with E-state index in [4.69, 9.17) is 0 Å². The Balaban J connectivity index is 1.38. The highest BCUT2D eigenvalue weighted by atomic mass is 16.2. The van der Waals surface area contributed by atoms with Gasteiger partial charge in [0.25, 0.3) is 0 Å². The average Bonchev–Trinajstić information content (AvgIpc) is 3.34. The van der Waals surface area contributed by atoms with Crippen LogP contribution in [0.3, 0.4) is 0 Å². The molecule has 1 aromatic carbocycles. The predicted octanol–water partition coefficient (Wildman–Crippen LogP) is 2.00. The number of carbonyl (C=O) groups is 1. The van der Waals surface area contributed by atoms with Gasteiger partial charge in [-0.3, -0.25) is 9.69 Å². The van der Waals surface area contributed by atoms with E-state index in [0.29, 0.717) is 19.1 Å². The Hall–Kier alpha value is -2.25.